The van der Waals surface area contributed by atoms with Crippen molar-refractivity contribution in [2.75, 3.05) is 13.7 Å². The number of hydrogen-bond donors (Lipinski definition) is 1. The molecule has 0 aliphatic carbocycles. The van der Waals surface area contributed by atoms with Crippen LogP contribution in [0.1, 0.15) is 38.6 Å². The number of likely N-dealkylation sites (N-methyl/N-ethyl adjacent to an activating group) is 1. The van der Waals surface area contributed by atoms with Gasteiger partial charge in [0.15, 0.2) is 0 Å². The highest BCUT2D eigenvalue weighted by Gasteiger charge is 2.18. The van der Waals surface area contributed by atoms with E-state index in [1.165, 1.54) is 5.69 Å². The normalized spacial score (nSPS) is 14.6. The molecule has 1 aromatic rings. The van der Waals surface area contributed by atoms with Gasteiger partial charge in [0, 0.05) is 26.1 Å². The molecule has 0 fully saturated rings. The van der Waals surface area contributed by atoms with Crippen LogP contribution in [-0.2, 0) is 17.7 Å². The van der Waals surface area contributed by atoms with E-state index in [1.807, 2.05) is 6.92 Å². The Morgan fingerprint density at radius 1 is 1.42 bits per heavy atom. The molecule has 19 heavy (non-hydrogen) atoms. The summed E-state index contributed by atoms with van der Waals surface area (Å²) in [4.78, 5) is 0. The standard InChI is InChI=1S/C14H26BrN3O/c1-6-16-12(8-10(3)19-5)9-13-14(15)11(4)17-18(13)7-2/h10,12,16H,6-9H2,1-5H3. The summed E-state index contributed by atoms with van der Waals surface area (Å²) < 4.78 is 8.61. The number of ether oxygens (including phenoxy) is 1. The van der Waals surface area contributed by atoms with Crippen LogP contribution >= 0.6 is 15.9 Å². The van der Waals surface area contributed by atoms with Gasteiger partial charge in [-0.15, -0.1) is 0 Å². The fourth-order valence-electron chi connectivity index (χ4n) is 2.32. The zero-order valence-corrected chi connectivity index (χ0v) is 14.2. The second-order valence-electron chi connectivity index (χ2n) is 4.90. The molecule has 1 N–H and O–H groups in total. The van der Waals surface area contributed by atoms with Gasteiger partial charge >= 0.3 is 0 Å². The van der Waals surface area contributed by atoms with Crippen LogP contribution in [0.2, 0.25) is 0 Å². The van der Waals surface area contributed by atoms with Gasteiger partial charge in [-0.05, 0) is 49.7 Å². The Hall–Kier alpha value is -0.390. The van der Waals surface area contributed by atoms with E-state index in [0.717, 1.165) is 36.1 Å². The van der Waals surface area contributed by atoms with Crippen molar-refractivity contribution in [1.29, 1.82) is 0 Å². The van der Waals surface area contributed by atoms with E-state index in [-0.39, 0.29) is 6.10 Å². The first-order valence-electron chi connectivity index (χ1n) is 7.01. The lowest BCUT2D eigenvalue weighted by Crippen LogP contribution is -2.35. The Kier molecular flexibility index (Phi) is 7.04. The van der Waals surface area contributed by atoms with Crippen LogP contribution in [0.5, 0.6) is 0 Å². The fraction of sp³-hybridized carbons (Fsp3) is 0.786. The van der Waals surface area contributed by atoms with Crippen LogP contribution < -0.4 is 5.32 Å². The van der Waals surface area contributed by atoms with Crippen molar-refractivity contribution < 1.29 is 4.74 Å². The lowest BCUT2D eigenvalue weighted by Gasteiger charge is -2.21. The monoisotopic (exact) mass is 331 g/mol. The van der Waals surface area contributed by atoms with Crippen molar-refractivity contribution in [2.24, 2.45) is 0 Å². The number of halogens is 1. The second-order valence-corrected chi connectivity index (χ2v) is 5.70. The second kappa shape index (κ2) is 8.02. The highest BCUT2D eigenvalue weighted by Crippen LogP contribution is 2.23. The number of hydrogen-bond acceptors (Lipinski definition) is 3. The summed E-state index contributed by atoms with van der Waals surface area (Å²) in [5, 5.41) is 8.09. The van der Waals surface area contributed by atoms with E-state index in [1.54, 1.807) is 7.11 Å². The van der Waals surface area contributed by atoms with Crippen LogP contribution in [-0.4, -0.2) is 35.6 Å². The molecule has 1 aromatic heterocycles. The Labute approximate surface area is 125 Å². The number of rotatable bonds is 8. The van der Waals surface area contributed by atoms with Crippen LogP contribution in [0.3, 0.4) is 0 Å². The largest absolute Gasteiger partial charge is 0.382 e. The summed E-state index contributed by atoms with van der Waals surface area (Å²) >= 11 is 3.66. The number of aromatic nitrogens is 2. The summed E-state index contributed by atoms with van der Waals surface area (Å²) in [5.74, 6) is 0. The molecule has 0 amide bonds. The van der Waals surface area contributed by atoms with Crippen molar-refractivity contribution in [3.8, 4) is 0 Å². The van der Waals surface area contributed by atoms with Gasteiger partial charge in [0.2, 0.25) is 0 Å². The summed E-state index contributed by atoms with van der Waals surface area (Å²) in [6.07, 6.45) is 2.24. The first kappa shape index (κ1) is 16.7. The molecule has 1 rings (SSSR count). The minimum absolute atomic E-state index is 0.266. The molecule has 1 heterocycles. The molecule has 5 heteroatoms. The topological polar surface area (TPSA) is 39.1 Å². The zero-order valence-electron chi connectivity index (χ0n) is 12.7. The van der Waals surface area contributed by atoms with E-state index < -0.39 is 0 Å². The molecule has 4 nitrogen and oxygen atoms in total. The van der Waals surface area contributed by atoms with E-state index >= 15 is 0 Å². The molecule has 0 saturated heterocycles. The molecule has 0 radical (unpaired) electrons. The zero-order chi connectivity index (χ0) is 14.4. The van der Waals surface area contributed by atoms with Gasteiger partial charge < -0.3 is 10.1 Å². The molecule has 0 aliphatic rings. The van der Waals surface area contributed by atoms with E-state index in [2.05, 4.69) is 51.8 Å². The number of nitrogens with zero attached hydrogens (tertiary/aromatic N) is 2. The minimum Gasteiger partial charge on any atom is -0.382 e. The number of methoxy groups -OCH3 is 1. The van der Waals surface area contributed by atoms with E-state index in [9.17, 15) is 0 Å². The van der Waals surface area contributed by atoms with E-state index in [0.29, 0.717) is 6.04 Å². The van der Waals surface area contributed by atoms with Gasteiger partial charge in [-0.2, -0.15) is 5.10 Å². The average molecular weight is 332 g/mol. The van der Waals surface area contributed by atoms with Crippen molar-refractivity contribution in [1.82, 2.24) is 15.1 Å². The third kappa shape index (κ3) is 4.58. The molecule has 0 saturated carbocycles. The highest BCUT2D eigenvalue weighted by atomic mass is 79.9. The van der Waals surface area contributed by atoms with Crippen LogP contribution in [0.25, 0.3) is 0 Å². The first-order chi connectivity index (χ1) is 9.03. The molecule has 2 unspecified atom stereocenters. The highest BCUT2D eigenvalue weighted by molar-refractivity contribution is 9.10. The molecule has 110 valence electrons. The van der Waals surface area contributed by atoms with Crippen molar-refractivity contribution in [3.63, 3.8) is 0 Å². The number of nitrogens with one attached hydrogen (secondary N) is 1. The Morgan fingerprint density at radius 2 is 2.11 bits per heavy atom. The summed E-state index contributed by atoms with van der Waals surface area (Å²) in [6.45, 7) is 10.3. The van der Waals surface area contributed by atoms with Crippen LogP contribution in [0.15, 0.2) is 4.47 Å². The van der Waals surface area contributed by atoms with Crippen LogP contribution in [0.4, 0.5) is 0 Å². The predicted molar refractivity (Wildman–Crippen MR) is 82.6 cm³/mol. The lowest BCUT2D eigenvalue weighted by atomic mass is 10.0. The summed E-state index contributed by atoms with van der Waals surface area (Å²) in [7, 11) is 1.77. The predicted octanol–water partition coefficient (Wildman–Crippen LogP) is 2.92. The lowest BCUT2D eigenvalue weighted by molar-refractivity contribution is 0.100. The first-order valence-corrected chi connectivity index (χ1v) is 7.80. The molecular formula is C14H26BrN3O. The third-order valence-electron chi connectivity index (χ3n) is 3.40. The van der Waals surface area contributed by atoms with E-state index in [4.69, 9.17) is 4.74 Å². The molecule has 0 spiro atoms. The maximum absolute atomic E-state index is 5.38. The molecular weight excluding hydrogens is 306 g/mol. The molecule has 0 aromatic carbocycles. The van der Waals surface area contributed by atoms with Gasteiger partial charge in [-0.25, -0.2) is 0 Å². The minimum atomic E-state index is 0.266. The molecule has 0 aliphatic heterocycles. The van der Waals surface area contributed by atoms with Crippen molar-refractivity contribution in [3.05, 3.63) is 15.9 Å². The number of aryl methyl sites for hydroxylation is 2. The van der Waals surface area contributed by atoms with Gasteiger partial charge in [-0.1, -0.05) is 6.92 Å². The van der Waals surface area contributed by atoms with Crippen LogP contribution in [0, 0.1) is 6.92 Å². The Bertz CT molecular complexity index is 392. The van der Waals surface area contributed by atoms with Gasteiger partial charge in [0.25, 0.3) is 0 Å². The van der Waals surface area contributed by atoms with Gasteiger partial charge in [0.1, 0.15) is 0 Å². The van der Waals surface area contributed by atoms with Gasteiger partial charge in [-0.3, -0.25) is 4.68 Å². The summed E-state index contributed by atoms with van der Waals surface area (Å²) in [5.41, 5.74) is 2.33. The Balaban J connectivity index is 2.83. The van der Waals surface area contributed by atoms with Crippen molar-refractivity contribution >= 4 is 15.9 Å². The quantitative estimate of drug-likeness (QED) is 0.796. The molecule has 2 atom stereocenters. The summed E-state index contributed by atoms with van der Waals surface area (Å²) in [6, 6.07) is 0.414. The maximum atomic E-state index is 5.38. The molecule has 0 bridgehead atoms. The SMILES string of the molecule is CCNC(Cc1c(Br)c(C)nn1CC)CC(C)OC. The smallest absolute Gasteiger partial charge is 0.0738 e. The van der Waals surface area contributed by atoms with Gasteiger partial charge in [0.05, 0.1) is 22.0 Å². The van der Waals surface area contributed by atoms with Crippen molar-refractivity contribution in [2.45, 2.75) is 59.2 Å². The fourth-order valence-corrected chi connectivity index (χ4v) is 2.77. The third-order valence-corrected chi connectivity index (χ3v) is 4.44. The maximum Gasteiger partial charge on any atom is 0.0738 e. The average Bonchev–Trinajstić information content (AvgIpc) is 2.66. The Morgan fingerprint density at radius 3 is 2.63 bits per heavy atom.